The molecule has 10 heteroatoms. The van der Waals surface area contributed by atoms with E-state index in [2.05, 4.69) is 10.1 Å². The summed E-state index contributed by atoms with van der Waals surface area (Å²) in [5, 5.41) is 5.04. The number of benzene rings is 1. The second-order valence-electron chi connectivity index (χ2n) is 6.76. The number of amides is 1. The van der Waals surface area contributed by atoms with Crippen LogP contribution in [0.3, 0.4) is 0 Å². The molecule has 2 N–H and O–H groups in total. The third-order valence-corrected chi connectivity index (χ3v) is 5.46. The summed E-state index contributed by atoms with van der Waals surface area (Å²) in [6.07, 6.45) is 2.21. The second-order valence-corrected chi connectivity index (χ2v) is 7.85. The van der Waals surface area contributed by atoms with Crippen molar-refractivity contribution in [1.82, 2.24) is 19.7 Å². The lowest BCUT2D eigenvalue weighted by Gasteiger charge is -2.09. The van der Waals surface area contributed by atoms with E-state index in [0.717, 1.165) is 15.6 Å². The third-order valence-electron chi connectivity index (χ3n) is 4.35. The maximum Gasteiger partial charge on any atom is 0.338 e. The monoisotopic (exact) mass is 413 g/mol. The van der Waals surface area contributed by atoms with Gasteiger partial charge in [0.15, 0.2) is 17.4 Å². The number of nitrogens with two attached hydrogens (primary N) is 1. The number of hydrogen-bond acceptors (Lipinski definition) is 8. The Labute approximate surface area is 170 Å². The average molecular weight is 413 g/mol. The number of aromatic nitrogens is 4. The number of carbonyl (C=O) groups excluding carboxylic acids is 2. The van der Waals surface area contributed by atoms with E-state index in [-0.39, 0.29) is 6.04 Å². The topological polar surface area (TPSA) is 122 Å². The van der Waals surface area contributed by atoms with Gasteiger partial charge in [-0.15, -0.1) is 11.3 Å². The summed E-state index contributed by atoms with van der Waals surface area (Å²) in [6, 6.07) is 5.12. The second kappa shape index (κ2) is 7.63. The highest BCUT2D eigenvalue weighted by atomic mass is 32.1. The molecule has 29 heavy (non-hydrogen) atoms. The highest BCUT2D eigenvalue weighted by Gasteiger charge is 2.24. The maximum absolute atomic E-state index is 12.2. The molecule has 0 bridgehead atoms. The van der Waals surface area contributed by atoms with Crippen molar-refractivity contribution < 1.29 is 19.1 Å². The van der Waals surface area contributed by atoms with Crippen LogP contribution in [0.1, 0.15) is 35.1 Å². The molecule has 0 aliphatic carbocycles. The number of rotatable bonds is 5. The highest BCUT2D eigenvalue weighted by molar-refractivity contribution is 7.15. The normalized spacial score (nSPS) is 12.7. The summed E-state index contributed by atoms with van der Waals surface area (Å²) in [5.41, 5.74) is 6.78. The number of fused-ring (bicyclic) bond motifs is 3. The number of hydrogen-bond donors (Lipinski definition) is 1. The summed E-state index contributed by atoms with van der Waals surface area (Å²) in [6.45, 7) is 4.10. The Hall–Kier alpha value is -3.27. The molecule has 9 nitrogen and oxygen atoms in total. The molecule has 0 radical (unpaired) electrons. The molecule has 1 amide bonds. The molecule has 4 rings (SSSR count). The van der Waals surface area contributed by atoms with Crippen molar-refractivity contribution in [2.24, 2.45) is 5.73 Å². The van der Waals surface area contributed by atoms with E-state index < -0.39 is 18.5 Å². The van der Waals surface area contributed by atoms with E-state index in [0.29, 0.717) is 35.7 Å². The minimum absolute atomic E-state index is 0.151. The predicted molar refractivity (Wildman–Crippen MR) is 106 cm³/mol. The summed E-state index contributed by atoms with van der Waals surface area (Å²) in [5.74, 6) is -0.000482. The SMILES string of the molecule is CC(C)n1ncnc1-c1nc2c(s1)CCOc1ccc(C(=O)OCC(N)=O)cc1-2. The summed E-state index contributed by atoms with van der Waals surface area (Å²) in [4.78, 5) is 33.3. The molecule has 3 aromatic rings. The van der Waals surface area contributed by atoms with E-state index in [1.807, 2.05) is 18.5 Å². The summed E-state index contributed by atoms with van der Waals surface area (Å²) < 4.78 is 12.6. The smallest absolute Gasteiger partial charge is 0.338 e. The maximum atomic E-state index is 12.2. The Balaban J connectivity index is 1.74. The van der Waals surface area contributed by atoms with Gasteiger partial charge < -0.3 is 15.2 Å². The first-order valence-corrected chi connectivity index (χ1v) is 9.88. The van der Waals surface area contributed by atoms with Crippen LogP contribution < -0.4 is 10.5 Å². The fourth-order valence-corrected chi connectivity index (χ4v) is 4.10. The molecule has 0 unspecified atom stereocenters. The van der Waals surface area contributed by atoms with Gasteiger partial charge in [-0.05, 0) is 32.0 Å². The average Bonchev–Trinajstić information content (AvgIpc) is 3.30. The van der Waals surface area contributed by atoms with Crippen LogP contribution in [0.25, 0.3) is 22.1 Å². The zero-order valence-electron chi connectivity index (χ0n) is 15.9. The lowest BCUT2D eigenvalue weighted by atomic mass is 10.1. The Kier molecular flexibility index (Phi) is 5.01. The van der Waals surface area contributed by atoms with Crippen LogP contribution in [0, 0.1) is 0 Å². The van der Waals surface area contributed by atoms with Gasteiger partial charge in [-0.25, -0.2) is 19.4 Å². The number of primary amides is 1. The van der Waals surface area contributed by atoms with Gasteiger partial charge in [-0.1, -0.05) is 0 Å². The van der Waals surface area contributed by atoms with Crippen molar-refractivity contribution in [2.75, 3.05) is 13.2 Å². The van der Waals surface area contributed by atoms with E-state index in [1.54, 1.807) is 18.2 Å². The lowest BCUT2D eigenvalue weighted by Crippen LogP contribution is -2.20. The highest BCUT2D eigenvalue weighted by Crippen LogP contribution is 2.40. The molecule has 0 atom stereocenters. The van der Waals surface area contributed by atoms with Gasteiger partial charge in [-0.2, -0.15) is 5.10 Å². The first-order chi connectivity index (χ1) is 13.9. The van der Waals surface area contributed by atoms with Gasteiger partial charge >= 0.3 is 5.97 Å². The standard InChI is InChI=1S/C19H19N5O4S/c1-10(2)24-17(21-9-22-24)18-23-16-12-7-11(19(26)28-8-15(20)25)3-4-13(12)27-6-5-14(16)29-18/h3-4,7,9-10H,5-6,8H2,1-2H3,(H2,20,25). The molecule has 2 aromatic heterocycles. The Morgan fingerprint density at radius 2 is 2.21 bits per heavy atom. The zero-order chi connectivity index (χ0) is 20.5. The number of esters is 1. The molecule has 150 valence electrons. The molecule has 1 aliphatic rings. The molecule has 1 aromatic carbocycles. The van der Waals surface area contributed by atoms with E-state index in [1.165, 1.54) is 17.7 Å². The largest absolute Gasteiger partial charge is 0.493 e. The Bertz CT molecular complexity index is 1090. The van der Waals surface area contributed by atoms with Crippen LogP contribution in [-0.4, -0.2) is 44.8 Å². The van der Waals surface area contributed by atoms with Crippen molar-refractivity contribution >= 4 is 23.2 Å². The van der Waals surface area contributed by atoms with Crippen LogP contribution in [0.4, 0.5) is 0 Å². The quantitative estimate of drug-likeness (QED) is 0.636. The Morgan fingerprint density at radius 3 is 2.97 bits per heavy atom. The molecule has 0 fully saturated rings. The molecular formula is C19H19N5O4S. The van der Waals surface area contributed by atoms with Crippen LogP contribution in [-0.2, 0) is 16.0 Å². The van der Waals surface area contributed by atoms with E-state index in [9.17, 15) is 9.59 Å². The number of carbonyl (C=O) groups is 2. The summed E-state index contributed by atoms with van der Waals surface area (Å²) >= 11 is 1.54. The zero-order valence-corrected chi connectivity index (χ0v) is 16.7. The lowest BCUT2D eigenvalue weighted by molar-refractivity contribution is -0.121. The van der Waals surface area contributed by atoms with Gasteiger partial charge in [0.25, 0.3) is 5.91 Å². The minimum atomic E-state index is -0.711. The van der Waals surface area contributed by atoms with Crippen LogP contribution >= 0.6 is 11.3 Å². The molecule has 0 saturated heterocycles. The first-order valence-electron chi connectivity index (χ1n) is 9.06. The number of thiazole rings is 1. The van der Waals surface area contributed by atoms with Gasteiger partial charge in [0.05, 0.1) is 17.9 Å². The van der Waals surface area contributed by atoms with Gasteiger partial charge in [0.1, 0.15) is 12.1 Å². The van der Waals surface area contributed by atoms with E-state index >= 15 is 0 Å². The number of ether oxygens (including phenoxy) is 2. The molecule has 0 saturated carbocycles. The van der Waals surface area contributed by atoms with Crippen molar-refractivity contribution in [1.29, 1.82) is 0 Å². The van der Waals surface area contributed by atoms with Crippen molar-refractivity contribution in [3.05, 3.63) is 35.0 Å². The van der Waals surface area contributed by atoms with Crippen molar-refractivity contribution in [2.45, 2.75) is 26.3 Å². The van der Waals surface area contributed by atoms with Gasteiger partial charge in [-0.3, -0.25) is 4.79 Å². The first kappa shape index (κ1) is 19.1. The van der Waals surface area contributed by atoms with E-state index in [4.69, 9.17) is 20.2 Å². The third kappa shape index (κ3) is 3.70. The van der Waals surface area contributed by atoms with Crippen LogP contribution in [0.5, 0.6) is 5.75 Å². The van der Waals surface area contributed by atoms with Crippen molar-refractivity contribution in [3.63, 3.8) is 0 Å². The molecule has 3 heterocycles. The minimum Gasteiger partial charge on any atom is -0.493 e. The fourth-order valence-electron chi connectivity index (χ4n) is 3.05. The van der Waals surface area contributed by atoms with Crippen LogP contribution in [0.2, 0.25) is 0 Å². The molecule has 1 aliphatic heterocycles. The fraction of sp³-hybridized carbons (Fsp3) is 0.316. The predicted octanol–water partition coefficient (Wildman–Crippen LogP) is 2.23. The van der Waals surface area contributed by atoms with Gasteiger partial charge in [0, 0.05) is 22.9 Å². The van der Waals surface area contributed by atoms with Crippen LogP contribution in [0.15, 0.2) is 24.5 Å². The Morgan fingerprint density at radius 1 is 1.38 bits per heavy atom. The van der Waals surface area contributed by atoms with Gasteiger partial charge in [0.2, 0.25) is 0 Å². The number of nitrogens with zero attached hydrogens (tertiary/aromatic N) is 4. The summed E-state index contributed by atoms with van der Waals surface area (Å²) in [7, 11) is 0. The molecular weight excluding hydrogens is 394 g/mol. The van der Waals surface area contributed by atoms with Crippen molar-refractivity contribution in [3.8, 4) is 27.8 Å². The molecule has 0 spiro atoms.